The van der Waals surface area contributed by atoms with Crippen molar-refractivity contribution in [1.29, 1.82) is 0 Å². The Labute approximate surface area is 175 Å². The highest BCUT2D eigenvalue weighted by Gasteiger charge is 2.15. The van der Waals surface area contributed by atoms with Crippen LogP contribution >= 0.6 is 11.8 Å². The van der Waals surface area contributed by atoms with Crippen LogP contribution in [-0.4, -0.2) is 17.6 Å². The van der Waals surface area contributed by atoms with Gasteiger partial charge in [-0.2, -0.15) is 0 Å². The van der Waals surface area contributed by atoms with Crippen LogP contribution in [0.5, 0.6) is 0 Å². The second-order valence-corrected chi connectivity index (χ2v) is 7.76. The van der Waals surface area contributed by atoms with E-state index in [2.05, 4.69) is 22.8 Å². The summed E-state index contributed by atoms with van der Waals surface area (Å²) in [4.78, 5) is 24.7. The van der Waals surface area contributed by atoms with E-state index in [0.29, 0.717) is 5.75 Å². The molecule has 4 nitrogen and oxygen atoms in total. The summed E-state index contributed by atoms with van der Waals surface area (Å²) in [6.45, 7) is 1.48. The SMILES string of the molecule is CC(=O)Nc1ccc(SCC(=O)NC(Cc2ccccc2)c2ccccc2)cc1. The Bertz CT molecular complexity index is 928. The summed E-state index contributed by atoms with van der Waals surface area (Å²) >= 11 is 1.47. The predicted octanol–water partition coefficient (Wildman–Crippen LogP) is 4.84. The van der Waals surface area contributed by atoms with Crippen molar-refractivity contribution in [2.24, 2.45) is 0 Å². The van der Waals surface area contributed by atoms with Gasteiger partial charge in [0.05, 0.1) is 11.8 Å². The fourth-order valence-electron chi connectivity index (χ4n) is 3.01. The fourth-order valence-corrected chi connectivity index (χ4v) is 3.72. The normalized spacial score (nSPS) is 11.5. The molecule has 0 aliphatic rings. The lowest BCUT2D eigenvalue weighted by molar-refractivity contribution is -0.119. The van der Waals surface area contributed by atoms with Crippen LogP contribution in [0.2, 0.25) is 0 Å². The van der Waals surface area contributed by atoms with Crippen LogP contribution in [0.3, 0.4) is 0 Å². The number of carbonyl (C=O) groups excluding carboxylic acids is 2. The monoisotopic (exact) mass is 404 g/mol. The molecule has 0 radical (unpaired) electrons. The average Bonchev–Trinajstić information content (AvgIpc) is 2.74. The third-order valence-corrected chi connectivity index (χ3v) is 5.38. The smallest absolute Gasteiger partial charge is 0.230 e. The summed E-state index contributed by atoms with van der Waals surface area (Å²) in [6, 6.07) is 27.6. The zero-order chi connectivity index (χ0) is 20.5. The molecule has 3 aromatic rings. The minimum Gasteiger partial charge on any atom is -0.348 e. The van der Waals surface area contributed by atoms with Crippen molar-refractivity contribution >= 4 is 29.3 Å². The number of nitrogens with one attached hydrogen (secondary N) is 2. The number of amides is 2. The number of benzene rings is 3. The van der Waals surface area contributed by atoms with Crippen molar-refractivity contribution in [1.82, 2.24) is 5.32 Å². The summed E-state index contributed by atoms with van der Waals surface area (Å²) < 4.78 is 0. The number of thioether (sulfide) groups is 1. The molecule has 3 aromatic carbocycles. The number of anilines is 1. The maximum atomic E-state index is 12.6. The summed E-state index contributed by atoms with van der Waals surface area (Å²) in [5, 5.41) is 5.91. The minimum absolute atomic E-state index is 0.00859. The summed E-state index contributed by atoms with van der Waals surface area (Å²) in [6.07, 6.45) is 0.743. The van der Waals surface area contributed by atoms with E-state index in [1.54, 1.807) is 0 Å². The number of carbonyl (C=O) groups is 2. The minimum atomic E-state index is -0.102. The highest BCUT2D eigenvalue weighted by molar-refractivity contribution is 8.00. The first-order chi connectivity index (χ1) is 14.1. The van der Waals surface area contributed by atoms with E-state index < -0.39 is 0 Å². The summed E-state index contributed by atoms with van der Waals surface area (Å²) in [7, 11) is 0. The van der Waals surface area contributed by atoms with E-state index in [1.807, 2.05) is 72.8 Å². The molecule has 2 N–H and O–H groups in total. The van der Waals surface area contributed by atoms with E-state index in [4.69, 9.17) is 0 Å². The van der Waals surface area contributed by atoms with Gasteiger partial charge in [-0.3, -0.25) is 9.59 Å². The molecule has 1 unspecified atom stereocenters. The second kappa shape index (κ2) is 10.5. The number of hydrogen-bond donors (Lipinski definition) is 2. The molecule has 2 amide bonds. The molecule has 0 aromatic heterocycles. The van der Waals surface area contributed by atoms with Gasteiger partial charge in [-0.1, -0.05) is 60.7 Å². The van der Waals surface area contributed by atoms with Crippen molar-refractivity contribution in [3.8, 4) is 0 Å². The maximum Gasteiger partial charge on any atom is 0.230 e. The lowest BCUT2D eigenvalue weighted by atomic mass is 9.99. The van der Waals surface area contributed by atoms with Crippen LogP contribution in [-0.2, 0) is 16.0 Å². The first-order valence-electron chi connectivity index (χ1n) is 9.49. The molecule has 0 saturated carbocycles. The van der Waals surface area contributed by atoms with Crippen molar-refractivity contribution in [2.75, 3.05) is 11.1 Å². The Morgan fingerprint density at radius 3 is 2.10 bits per heavy atom. The Balaban J connectivity index is 1.60. The average molecular weight is 405 g/mol. The van der Waals surface area contributed by atoms with Gasteiger partial charge in [-0.15, -0.1) is 11.8 Å². The topological polar surface area (TPSA) is 58.2 Å². The zero-order valence-electron chi connectivity index (χ0n) is 16.3. The van der Waals surface area contributed by atoms with Gasteiger partial charge in [0.25, 0.3) is 0 Å². The highest BCUT2D eigenvalue weighted by atomic mass is 32.2. The van der Waals surface area contributed by atoms with Crippen LogP contribution in [0.4, 0.5) is 5.69 Å². The van der Waals surface area contributed by atoms with Gasteiger partial charge < -0.3 is 10.6 Å². The molecular weight excluding hydrogens is 380 g/mol. The molecule has 0 fully saturated rings. The van der Waals surface area contributed by atoms with Crippen molar-refractivity contribution in [3.63, 3.8) is 0 Å². The summed E-state index contributed by atoms with van der Waals surface area (Å²) in [5.74, 6) is 0.221. The summed E-state index contributed by atoms with van der Waals surface area (Å²) in [5.41, 5.74) is 3.02. The molecule has 3 rings (SSSR count). The van der Waals surface area contributed by atoms with Gasteiger partial charge >= 0.3 is 0 Å². The molecule has 0 bridgehead atoms. The highest BCUT2D eigenvalue weighted by Crippen LogP contribution is 2.22. The molecule has 0 aliphatic carbocycles. The van der Waals surface area contributed by atoms with Crippen LogP contribution in [0.1, 0.15) is 24.1 Å². The largest absolute Gasteiger partial charge is 0.348 e. The van der Waals surface area contributed by atoms with Gasteiger partial charge in [-0.05, 0) is 41.8 Å². The van der Waals surface area contributed by atoms with Gasteiger partial charge in [0.15, 0.2) is 0 Å². The molecule has 0 aliphatic heterocycles. The van der Waals surface area contributed by atoms with E-state index >= 15 is 0 Å². The van der Waals surface area contributed by atoms with Crippen molar-refractivity contribution in [2.45, 2.75) is 24.3 Å². The first-order valence-corrected chi connectivity index (χ1v) is 10.5. The molecular formula is C24H24N2O2S. The molecule has 1 atom stereocenters. The Morgan fingerprint density at radius 1 is 0.862 bits per heavy atom. The fraction of sp³-hybridized carbons (Fsp3) is 0.167. The van der Waals surface area contributed by atoms with Crippen LogP contribution in [0, 0.1) is 0 Å². The van der Waals surface area contributed by atoms with Gasteiger partial charge in [0.2, 0.25) is 11.8 Å². The number of rotatable bonds is 8. The molecule has 148 valence electrons. The van der Waals surface area contributed by atoms with E-state index in [-0.39, 0.29) is 17.9 Å². The van der Waals surface area contributed by atoms with E-state index in [1.165, 1.54) is 24.2 Å². The van der Waals surface area contributed by atoms with E-state index in [9.17, 15) is 9.59 Å². The maximum absolute atomic E-state index is 12.6. The molecule has 0 spiro atoms. The van der Waals surface area contributed by atoms with Crippen molar-refractivity contribution < 1.29 is 9.59 Å². The quantitative estimate of drug-likeness (QED) is 0.528. The van der Waals surface area contributed by atoms with Gasteiger partial charge in [0.1, 0.15) is 0 Å². The first kappa shape index (κ1) is 20.7. The lowest BCUT2D eigenvalue weighted by Gasteiger charge is -2.19. The molecule has 5 heteroatoms. The third-order valence-electron chi connectivity index (χ3n) is 4.36. The van der Waals surface area contributed by atoms with Crippen LogP contribution in [0.15, 0.2) is 89.8 Å². The third kappa shape index (κ3) is 6.80. The number of hydrogen-bond acceptors (Lipinski definition) is 3. The van der Waals surface area contributed by atoms with Crippen molar-refractivity contribution in [3.05, 3.63) is 96.1 Å². The predicted molar refractivity (Wildman–Crippen MR) is 119 cm³/mol. The lowest BCUT2D eigenvalue weighted by Crippen LogP contribution is -2.31. The Kier molecular flexibility index (Phi) is 7.47. The standard InChI is InChI=1S/C24H24N2O2S/c1-18(27)25-21-12-14-22(15-13-21)29-17-24(28)26-23(20-10-6-3-7-11-20)16-19-8-4-2-5-9-19/h2-15,23H,16-17H2,1H3,(H,25,27)(H,26,28). The zero-order valence-corrected chi connectivity index (χ0v) is 17.1. The molecule has 29 heavy (non-hydrogen) atoms. The molecule has 0 saturated heterocycles. The second-order valence-electron chi connectivity index (χ2n) is 6.71. The molecule has 0 heterocycles. The van der Waals surface area contributed by atoms with Crippen LogP contribution < -0.4 is 10.6 Å². The van der Waals surface area contributed by atoms with E-state index in [0.717, 1.165) is 22.6 Å². The van der Waals surface area contributed by atoms with Crippen LogP contribution in [0.25, 0.3) is 0 Å². The Hall–Kier alpha value is -3.05. The van der Waals surface area contributed by atoms with Gasteiger partial charge in [0, 0.05) is 17.5 Å². The Morgan fingerprint density at radius 2 is 1.48 bits per heavy atom. The van der Waals surface area contributed by atoms with Gasteiger partial charge in [-0.25, -0.2) is 0 Å².